The molecule has 0 radical (unpaired) electrons. The Morgan fingerprint density at radius 3 is 2.44 bits per heavy atom. The van der Waals surface area contributed by atoms with E-state index in [1.807, 2.05) is 43.4 Å². The molecule has 2 N–H and O–H groups in total. The second-order valence-electron chi connectivity index (χ2n) is 7.94. The van der Waals surface area contributed by atoms with Crippen LogP contribution in [0.4, 0.5) is 0 Å². The Morgan fingerprint density at radius 1 is 1.26 bits per heavy atom. The summed E-state index contributed by atoms with van der Waals surface area (Å²) in [6.45, 7) is 10.2. The fourth-order valence-corrected chi connectivity index (χ4v) is 3.11. The average Bonchev–Trinajstić information content (AvgIpc) is 3.08. The zero-order valence-corrected chi connectivity index (χ0v) is 17.4. The third kappa shape index (κ3) is 5.27. The van der Waals surface area contributed by atoms with E-state index in [0.29, 0.717) is 0 Å². The number of hydrogen-bond donors (Lipinski definition) is 2. The van der Waals surface area contributed by atoms with Crippen molar-refractivity contribution in [3.8, 4) is 5.69 Å². The average molecular weight is 390 g/mol. The van der Waals surface area contributed by atoms with Crippen LogP contribution in [0.2, 0.25) is 18.1 Å². The van der Waals surface area contributed by atoms with Crippen LogP contribution in [-0.4, -0.2) is 47.5 Å². The number of nitrogens with zero attached hydrogens (tertiary/aromatic N) is 2. The molecule has 1 aromatic carbocycles. The molecule has 0 fully saturated rings. The Balaban J connectivity index is 2.05. The second-order valence-corrected chi connectivity index (χ2v) is 12.7. The van der Waals surface area contributed by atoms with Crippen molar-refractivity contribution in [3.05, 3.63) is 48.5 Å². The zero-order chi connectivity index (χ0) is 20.2. The van der Waals surface area contributed by atoms with E-state index in [1.165, 1.54) is 6.33 Å². The molecular weight excluding hydrogens is 362 g/mol. The van der Waals surface area contributed by atoms with Gasteiger partial charge in [-0.3, -0.25) is 4.79 Å². The lowest BCUT2D eigenvalue weighted by Gasteiger charge is -2.36. The zero-order valence-electron chi connectivity index (χ0n) is 16.4. The third-order valence-electron chi connectivity index (χ3n) is 4.89. The van der Waals surface area contributed by atoms with Crippen molar-refractivity contribution in [1.29, 1.82) is 0 Å². The third-order valence-corrected chi connectivity index (χ3v) is 9.39. The molecule has 1 atom stereocenters. The number of carbonyl (C=O) groups excluding carboxylic acids is 1. The van der Waals surface area contributed by atoms with Crippen molar-refractivity contribution >= 4 is 20.2 Å². The Kier molecular flexibility index (Phi) is 6.22. The summed E-state index contributed by atoms with van der Waals surface area (Å²) in [6.07, 6.45) is 3.09. The minimum Gasteiger partial charge on any atom is -0.480 e. The van der Waals surface area contributed by atoms with Gasteiger partial charge < -0.3 is 19.4 Å². The lowest BCUT2D eigenvalue weighted by atomic mass is 10.2. The highest BCUT2D eigenvalue weighted by atomic mass is 28.4. The van der Waals surface area contributed by atoms with Crippen molar-refractivity contribution in [2.24, 2.45) is 0 Å². The highest BCUT2D eigenvalue weighted by Gasteiger charge is 2.38. The van der Waals surface area contributed by atoms with Crippen molar-refractivity contribution in [2.45, 2.75) is 44.9 Å². The quantitative estimate of drug-likeness (QED) is 0.710. The van der Waals surface area contributed by atoms with E-state index in [-0.39, 0.29) is 17.3 Å². The molecule has 8 heteroatoms. The van der Waals surface area contributed by atoms with Crippen LogP contribution in [0.1, 0.15) is 31.3 Å². The highest BCUT2D eigenvalue weighted by molar-refractivity contribution is 6.74. The van der Waals surface area contributed by atoms with Crippen molar-refractivity contribution in [3.63, 3.8) is 0 Å². The molecule has 1 heterocycles. The van der Waals surface area contributed by atoms with Crippen molar-refractivity contribution < 1.29 is 19.1 Å². The molecule has 0 bridgehead atoms. The molecular formula is C19H27N3O4Si. The summed E-state index contributed by atoms with van der Waals surface area (Å²) < 4.78 is 7.65. The van der Waals surface area contributed by atoms with E-state index in [9.17, 15) is 14.7 Å². The molecule has 0 aliphatic rings. The molecule has 0 aliphatic carbocycles. The minimum atomic E-state index is -2.12. The van der Waals surface area contributed by atoms with Crippen LogP contribution in [0.5, 0.6) is 0 Å². The van der Waals surface area contributed by atoms with E-state index in [0.717, 1.165) is 5.69 Å². The first-order valence-electron chi connectivity index (χ1n) is 8.78. The van der Waals surface area contributed by atoms with Gasteiger partial charge in [0.1, 0.15) is 18.1 Å². The summed E-state index contributed by atoms with van der Waals surface area (Å²) in [7, 11) is -2.12. The van der Waals surface area contributed by atoms with Crippen LogP contribution in [0.3, 0.4) is 0 Å². The normalized spacial score (nSPS) is 13.2. The Bertz CT molecular complexity index is 797. The number of carbonyl (C=O) groups is 2. The molecule has 0 spiro atoms. The number of carboxylic acids is 1. The number of nitrogens with one attached hydrogen (secondary N) is 1. The van der Waals surface area contributed by atoms with Gasteiger partial charge in [0.05, 0.1) is 6.61 Å². The number of rotatable bonds is 7. The Morgan fingerprint density at radius 2 is 1.89 bits per heavy atom. The lowest BCUT2D eigenvalue weighted by molar-refractivity contribution is -0.140. The predicted octanol–water partition coefficient (Wildman–Crippen LogP) is 3.08. The Labute approximate surface area is 160 Å². The van der Waals surface area contributed by atoms with Gasteiger partial charge in [0.25, 0.3) is 5.91 Å². The van der Waals surface area contributed by atoms with Crippen LogP contribution in [0.25, 0.3) is 5.69 Å². The van der Waals surface area contributed by atoms with Crippen molar-refractivity contribution in [2.75, 3.05) is 6.61 Å². The molecule has 0 saturated carbocycles. The monoisotopic (exact) mass is 389 g/mol. The van der Waals surface area contributed by atoms with Gasteiger partial charge in [-0.2, -0.15) is 0 Å². The molecule has 7 nitrogen and oxygen atoms in total. The molecule has 2 rings (SSSR count). The van der Waals surface area contributed by atoms with E-state index >= 15 is 0 Å². The molecule has 0 saturated heterocycles. The highest BCUT2D eigenvalue weighted by Crippen LogP contribution is 2.36. The maximum absolute atomic E-state index is 12.4. The number of aromatic nitrogens is 2. The predicted molar refractivity (Wildman–Crippen MR) is 106 cm³/mol. The molecule has 0 aliphatic heterocycles. The van der Waals surface area contributed by atoms with Crippen LogP contribution in [-0.2, 0) is 9.22 Å². The SMILES string of the molecule is CC(C)(C)[Si](C)(C)OCC(NC(=O)c1cn(-c2ccccc2)cn1)C(=O)O. The van der Waals surface area contributed by atoms with Gasteiger partial charge in [-0.25, -0.2) is 9.78 Å². The lowest BCUT2D eigenvalue weighted by Crippen LogP contribution is -2.49. The number of aliphatic carboxylic acids is 1. The number of amides is 1. The van der Waals surface area contributed by atoms with Crippen LogP contribution in [0, 0.1) is 0 Å². The van der Waals surface area contributed by atoms with E-state index in [1.54, 1.807) is 10.8 Å². The van der Waals surface area contributed by atoms with Crippen LogP contribution >= 0.6 is 0 Å². The first-order chi connectivity index (χ1) is 12.5. The van der Waals surface area contributed by atoms with E-state index in [4.69, 9.17) is 4.43 Å². The number of benzene rings is 1. The summed E-state index contributed by atoms with van der Waals surface area (Å²) in [5.41, 5.74) is 1.01. The molecule has 2 aromatic rings. The van der Waals surface area contributed by atoms with Gasteiger partial charge in [0.15, 0.2) is 8.32 Å². The fourth-order valence-electron chi connectivity index (χ4n) is 2.10. The Hall–Kier alpha value is -2.45. The first-order valence-corrected chi connectivity index (χ1v) is 11.7. The maximum Gasteiger partial charge on any atom is 0.328 e. The molecule has 27 heavy (non-hydrogen) atoms. The first kappa shape index (κ1) is 20.9. The maximum atomic E-state index is 12.4. The number of carboxylic acid groups (broad SMARTS) is 1. The number of imidazole rings is 1. The summed E-state index contributed by atoms with van der Waals surface area (Å²) in [4.78, 5) is 28.1. The summed E-state index contributed by atoms with van der Waals surface area (Å²) in [6, 6.07) is 8.30. The molecule has 1 unspecified atom stereocenters. The summed E-state index contributed by atoms with van der Waals surface area (Å²) in [5, 5.41) is 11.9. The van der Waals surface area contributed by atoms with Crippen LogP contribution < -0.4 is 5.32 Å². The van der Waals surface area contributed by atoms with Crippen molar-refractivity contribution in [1.82, 2.24) is 14.9 Å². The van der Waals surface area contributed by atoms with Gasteiger partial charge in [-0.1, -0.05) is 39.0 Å². The fraction of sp³-hybridized carbons (Fsp3) is 0.421. The van der Waals surface area contributed by atoms with Gasteiger partial charge in [-0.15, -0.1) is 0 Å². The standard InChI is InChI=1S/C19H27N3O4Si/c1-19(2,3)27(4,5)26-12-16(18(24)25)21-17(23)15-11-22(13-20-15)14-9-7-6-8-10-14/h6-11,13,16H,12H2,1-5H3,(H,21,23)(H,24,25). The smallest absolute Gasteiger partial charge is 0.328 e. The second kappa shape index (κ2) is 8.06. The minimum absolute atomic E-state index is 0.0471. The number of hydrogen-bond acceptors (Lipinski definition) is 4. The van der Waals surface area contributed by atoms with Crippen LogP contribution in [0.15, 0.2) is 42.9 Å². The largest absolute Gasteiger partial charge is 0.480 e. The molecule has 146 valence electrons. The van der Waals surface area contributed by atoms with E-state index in [2.05, 4.69) is 31.1 Å². The summed E-state index contributed by atoms with van der Waals surface area (Å²) in [5.74, 6) is -1.68. The topological polar surface area (TPSA) is 93.5 Å². The molecule has 1 amide bonds. The molecule has 1 aromatic heterocycles. The summed E-state index contributed by atoms with van der Waals surface area (Å²) >= 11 is 0. The van der Waals surface area contributed by atoms with Gasteiger partial charge >= 0.3 is 5.97 Å². The van der Waals surface area contributed by atoms with Gasteiger partial charge in [0, 0.05) is 11.9 Å². The number of para-hydroxylation sites is 1. The van der Waals surface area contributed by atoms with Gasteiger partial charge in [-0.05, 0) is 30.3 Å². The van der Waals surface area contributed by atoms with E-state index < -0.39 is 26.2 Å². The van der Waals surface area contributed by atoms with Gasteiger partial charge in [0.2, 0.25) is 0 Å².